The van der Waals surface area contributed by atoms with E-state index in [9.17, 15) is 0 Å². The van der Waals surface area contributed by atoms with E-state index in [2.05, 4.69) is 15.4 Å². The molecule has 5 heteroatoms. The van der Waals surface area contributed by atoms with Gasteiger partial charge in [-0.05, 0) is 38.1 Å². The highest BCUT2D eigenvalue weighted by Crippen LogP contribution is 2.24. The minimum Gasteiger partial charge on any atom is -0.375 e. The molecule has 3 heterocycles. The summed E-state index contributed by atoms with van der Waals surface area (Å²) in [5.74, 6) is 0.659. The summed E-state index contributed by atoms with van der Waals surface area (Å²) >= 11 is 4.70. The van der Waals surface area contributed by atoms with Crippen molar-refractivity contribution in [3.05, 3.63) is 0 Å². The lowest BCUT2D eigenvalue weighted by molar-refractivity contribution is 0.200. The van der Waals surface area contributed by atoms with Crippen LogP contribution in [0.5, 0.6) is 0 Å². The van der Waals surface area contributed by atoms with Crippen molar-refractivity contribution in [2.45, 2.75) is 12.8 Å². The lowest BCUT2D eigenvalue weighted by Crippen LogP contribution is -2.48. The molecule has 0 atom stereocenters. The molecule has 0 aliphatic carbocycles. The van der Waals surface area contributed by atoms with Gasteiger partial charge in [0.25, 0.3) is 0 Å². The predicted molar refractivity (Wildman–Crippen MR) is 56.5 cm³/mol. The van der Waals surface area contributed by atoms with Gasteiger partial charge in [-0.1, -0.05) is 0 Å². The first kappa shape index (κ1) is 8.90. The Kier molecular flexibility index (Phi) is 2.46. The molecule has 3 rings (SSSR count). The molecular weight excluding hydrogens is 184 g/mol. The maximum atomic E-state index is 5.31. The number of nitrogens with zero attached hydrogens (tertiary/aromatic N) is 2. The molecular formula is C8H14N4S. The number of hydrazone groups is 1. The zero-order valence-electron chi connectivity index (χ0n) is 7.49. The van der Waals surface area contributed by atoms with Crippen LogP contribution in [0.15, 0.2) is 5.10 Å². The van der Waals surface area contributed by atoms with Gasteiger partial charge in [-0.25, -0.2) is 0 Å². The van der Waals surface area contributed by atoms with E-state index in [1.807, 2.05) is 0 Å². The standard InChI is InChI=1S/C8H14N4S/c9-8(13)11-10-7-5-12-3-1-6(7)2-4-12/h6H,1-5H2,(H3,9,11,13)/b10-7-. The van der Waals surface area contributed by atoms with Gasteiger partial charge in [-0.15, -0.1) is 0 Å². The van der Waals surface area contributed by atoms with Crippen LogP contribution in [0.1, 0.15) is 12.8 Å². The van der Waals surface area contributed by atoms with Gasteiger partial charge in [-0.3, -0.25) is 10.3 Å². The van der Waals surface area contributed by atoms with Crippen LogP contribution in [-0.4, -0.2) is 35.4 Å². The second kappa shape index (κ2) is 3.59. The first-order valence-electron chi connectivity index (χ1n) is 4.60. The van der Waals surface area contributed by atoms with Gasteiger partial charge in [0, 0.05) is 12.5 Å². The number of hydrogen-bond acceptors (Lipinski definition) is 3. The van der Waals surface area contributed by atoms with E-state index in [1.165, 1.54) is 31.6 Å². The molecule has 13 heavy (non-hydrogen) atoms. The molecule has 3 fully saturated rings. The highest BCUT2D eigenvalue weighted by molar-refractivity contribution is 7.80. The summed E-state index contributed by atoms with van der Waals surface area (Å²) in [6.07, 6.45) is 2.47. The van der Waals surface area contributed by atoms with Gasteiger partial charge in [-0.2, -0.15) is 5.10 Å². The predicted octanol–water partition coefficient (Wildman–Crippen LogP) is -0.0988. The summed E-state index contributed by atoms with van der Waals surface area (Å²) in [6.45, 7) is 3.42. The third-order valence-corrected chi connectivity index (χ3v) is 2.85. The van der Waals surface area contributed by atoms with Crippen LogP contribution in [0.25, 0.3) is 0 Å². The smallest absolute Gasteiger partial charge is 0.184 e. The quantitative estimate of drug-likeness (QED) is 0.456. The molecule has 0 aromatic heterocycles. The van der Waals surface area contributed by atoms with Crippen molar-refractivity contribution in [1.82, 2.24) is 10.3 Å². The van der Waals surface area contributed by atoms with Gasteiger partial charge in [0.05, 0.1) is 5.71 Å². The Hall–Kier alpha value is -0.680. The number of fused-ring (bicyclic) bond motifs is 3. The third-order valence-electron chi connectivity index (χ3n) is 2.75. The number of thiocarbonyl (C=S) groups is 1. The van der Waals surface area contributed by atoms with Crippen LogP contribution >= 0.6 is 12.2 Å². The molecule has 3 N–H and O–H groups in total. The molecule has 0 spiro atoms. The number of piperidine rings is 3. The van der Waals surface area contributed by atoms with Crippen molar-refractivity contribution in [2.75, 3.05) is 19.6 Å². The summed E-state index contributed by atoms with van der Waals surface area (Å²) in [6, 6.07) is 0. The Labute approximate surface area is 83.2 Å². The molecule has 0 aromatic carbocycles. The van der Waals surface area contributed by atoms with E-state index < -0.39 is 0 Å². The zero-order chi connectivity index (χ0) is 9.26. The van der Waals surface area contributed by atoms with E-state index in [0.29, 0.717) is 5.92 Å². The Bertz CT molecular complexity index is 243. The Morgan fingerprint density at radius 1 is 1.54 bits per heavy atom. The van der Waals surface area contributed by atoms with Crippen molar-refractivity contribution in [2.24, 2.45) is 16.8 Å². The second-order valence-electron chi connectivity index (χ2n) is 3.63. The Morgan fingerprint density at radius 3 is 2.69 bits per heavy atom. The van der Waals surface area contributed by atoms with Gasteiger partial charge >= 0.3 is 0 Å². The zero-order valence-corrected chi connectivity index (χ0v) is 8.31. The molecule has 0 aromatic rings. The molecule has 3 saturated heterocycles. The van der Waals surface area contributed by atoms with E-state index in [1.54, 1.807) is 0 Å². The van der Waals surface area contributed by atoms with Crippen LogP contribution in [0, 0.1) is 5.92 Å². The highest BCUT2D eigenvalue weighted by atomic mass is 32.1. The van der Waals surface area contributed by atoms with E-state index in [4.69, 9.17) is 18.0 Å². The van der Waals surface area contributed by atoms with E-state index in [-0.39, 0.29) is 5.11 Å². The number of hydrogen-bond donors (Lipinski definition) is 2. The minimum atomic E-state index is 0.254. The SMILES string of the molecule is NC(=S)N/N=C1/CN2CCC1CC2. The first-order valence-corrected chi connectivity index (χ1v) is 5.01. The van der Waals surface area contributed by atoms with Gasteiger partial charge in [0.15, 0.2) is 5.11 Å². The van der Waals surface area contributed by atoms with Gasteiger partial charge < -0.3 is 5.73 Å². The van der Waals surface area contributed by atoms with Crippen LogP contribution in [0.3, 0.4) is 0 Å². The number of nitrogens with one attached hydrogen (secondary N) is 1. The van der Waals surface area contributed by atoms with Gasteiger partial charge in [0.2, 0.25) is 0 Å². The Morgan fingerprint density at radius 2 is 2.23 bits per heavy atom. The molecule has 0 saturated carbocycles. The van der Waals surface area contributed by atoms with Crippen LogP contribution in [-0.2, 0) is 0 Å². The fraction of sp³-hybridized carbons (Fsp3) is 0.750. The fourth-order valence-corrected chi connectivity index (χ4v) is 2.08. The molecule has 0 unspecified atom stereocenters. The maximum Gasteiger partial charge on any atom is 0.184 e. The molecule has 0 radical (unpaired) electrons. The monoisotopic (exact) mass is 198 g/mol. The average Bonchev–Trinajstić information content (AvgIpc) is 2.17. The average molecular weight is 198 g/mol. The Balaban J connectivity index is 2.00. The first-order chi connectivity index (χ1) is 6.25. The summed E-state index contributed by atoms with van der Waals surface area (Å²) < 4.78 is 0. The lowest BCUT2D eigenvalue weighted by atomic mass is 9.87. The molecule has 3 aliphatic rings. The summed E-state index contributed by atoms with van der Waals surface area (Å²) in [5, 5.41) is 4.48. The molecule has 2 bridgehead atoms. The van der Waals surface area contributed by atoms with E-state index >= 15 is 0 Å². The highest BCUT2D eigenvalue weighted by Gasteiger charge is 2.30. The fourth-order valence-electron chi connectivity index (χ4n) is 2.04. The molecule has 4 nitrogen and oxygen atoms in total. The topological polar surface area (TPSA) is 53.6 Å². The maximum absolute atomic E-state index is 5.31. The minimum absolute atomic E-state index is 0.254. The van der Waals surface area contributed by atoms with Crippen LogP contribution in [0.4, 0.5) is 0 Å². The van der Waals surface area contributed by atoms with Crippen molar-refractivity contribution in [3.63, 3.8) is 0 Å². The molecule has 0 amide bonds. The molecule has 3 aliphatic heterocycles. The van der Waals surface area contributed by atoms with Crippen LogP contribution in [0.2, 0.25) is 0 Å². The van der Waals surface area contributed by atoms with Crippen LogP contribution < -0.4 is 11.2 Å². The van der Waals surface area contributed by atoms with E-state index in [0.717, 1.165) is 6.54 Å². The normalized spacial score (nSPS) is 34.9. The largest absolute Gasteiger partial charge is 0.375 e. The van der Waals surface area contributed by atoms with Crippen molar-refractivity contribution in [3.8, 4) is 0 Å². The van der Waals surface area contributed by atoms with Crippen molar-refractivity contribution in [1.29, 1.82) is 0 Å². The number of nitrogens with two attached hydrogens (primary N) is 1. The van der Waals surface area contributed by atoms with Gasteiger partial charge in [0.1, 0.15) is 0 Å². The van der Waals surface area contributed by atoms with Crippen molar-refractivity contribution >= 4 is 23.0 Å². The summed E-state index contributed by atoms with van der Waals surface area (Å²) in [5.41, 5.74) is 9.19. The summed E-state index contributed by atoms with van der Waals surface area (Å²) in [7, 11) is 0. The lowest BCUT2D eigenvalue weighted by Gasteiger charge is -2.39. The summed E-state index contributed by atoms with van der Waals surface area (Å²) in [4.78, 5) is 2.42. The van der Waals surface area contributed by atoms with Crippen molar-refractivity contribution < 1.29 is 0 Å². The third kappa shape index (κ3) is 1.97. The molecule has 72 valence electrons. The number of rotatable bonds is 1. The second-order valence-corrected chi connectivity index (χ2v) is 4.07.